The van der Waals surface area contributed by atoms with Gasteiger partial charge < -0.3 is 39.9 Å². The number of nitrogens with two attached hydrogens (primary N) is 3. The van der Waals surface area contributed by atoms with Crippen LogP contribution in [0.4, 0.5) is 17.1 Å². The molecule has 0 saturated heterocycles. The standard InChI is InChI=1S/C8H9ClO4S.C7H6Cl2O3S.C7H8ClNO3S.C7H6N2O4S.C7H9NO4S.C7H9NO/c1-12-6-3-4-7(9)8(5-6)14(10,11)13-2;2*1-12-5-2-3-6(8)7(4-5)13(9,10)11;1-12-5-2-3-6-7(4-5)14(10,11)13-9-8-6;1-12-5-2-3-6(8)7(4-5)13(9,10)11;1-9-7-4-2-6(8)3-5-7/h3-5H,1-2H3;2-4H,1H3;2-4H,1H3,(H2,9,10,11);2-4H,1H3;2-4H,8H2,1H3,(H,9,10,11);2-5H,8H2,1H3. The van der Waals surface area contributed by atoms with Crippen molar-refractivity contribution < 1.29 is 83.5 Å². The monoisotopic (exact) mass is 1240 g/mol. The Morgan fingerprint density at radius 3 is 1.30 bits per heavy atom. The number of methoxy groups -OCH3 is 6. The molecule has 7 rings (SSSR count). The van der Waals surface area contributed by atoms with E-state index in [9.17, 15) is 42.1 Å². The van der Waals surface area contributed by atoms with Gasteiger partial charge in [0, 0.05) is 52.0 Å². The second-order valence-electron chi connectivity index (χ2n) is 13.7. The summed E-state index contributed by atoms with van der Waals surface area (Å²) >= 11 is 16.9. The number of primary sulfonamides is 1. The molecule has 0 fully saturated rings. The number of rotatable bonds is 11. The lowest BCUT2D eigenvalue weighted by molar-refractivity contribution is 0.306. The smallest absolute Gasteiger partial charge is 0.362 e. The molecule has 6 aromatic rings. The molecule has 7 N–H and O–H groups in total. The van der Waals surface area contributed by atoms with Crippen molar-refractivity contribution in [2.24, 2.45) is 15.5 Å². The molecule has 76 heavy (non-hydrogen) atoms. The van der Waals surface area contributed by atoms with E-state index >= 15 is 0 Å². The Morgan fingerprint density at radius 1 is 0.513 bits per heavy atom. The summed E-state index contributed by atoms with van der Waals surface area (Å²) in [5.74, 6) is 2.78. The van der Waals surface area contributed by atoms with E-state index in [-0.39, 0.29) is 50.9 Å². The summed E-state index contributed by atoms with van der Waals surface area (Å²) < 4.78 is 157. The second-order valence-corrected chi connectivity index (χ2v) is 23.5. The quantitative estimate of drug-likeness (QED) is 0.0411. The second kappa shape index (κ2) is 29.4. The Kier molecular flexibility index (Phi) is 25.6. The number of nitrogen functional groups attached to an aromatic ring is 2. The molecule has 0 bridgehead atoms. The highest BCUT2D eigenvalue weighted by molar-refractivity contribution is 8.13. The molecule has 0 aromatic heterocycles. The fraction of sp³-hybridized carbons (Fsp3) is 0.163. The third-order valence-corrected chi connectivity index (χ3v) is 15.8. The van der Waals surface area contributed by atoms with E-state index in [1.54, 1.807) is 43.5 Å². The number of anilines is 2. The molecule has 24 nitrogen and oxygen atoms in total. The molecule has 0 spiro atoms. The first-order valence-corrected chi connectivity index (χ1v) is 29.2. The summed E-state index contributed by atoms with van der Waals surface area (Å²) in [5.41, 5.74) is 11.8. The maximum absolute atomic E-state index is 11.3. The third kappa shape index (κ3) is 20.8. The molecule has 6 aromatic carbocycles. The van der Waals surface area contributed by atoms with Crippen molar-refractivity contribution in [3.8, 4) is 34.5 Å². The highest BCUT2D eigenvalue weighted by Crippen LogP contribution is 2.34. The van der Waals surface area contributed by atoms with E-state index in [1.807, 2.05) is 12.1 Å². The van der Waals surface area contributed by atoms with Gasteiger partial charge in [-0.05, 0) is 84.9 Å². The number of halogens is 4. The lowest BCUT2D eigenvalue weighted by Gasteiger charge is -2.09. The van der Waals surface area contributed by atoms with Crippen LogP contribution in [0.3, 0.4) is 0 Å². The Labute approximate surface area is 458 Å². The van der Waals surface area contributed by atoms with Gasteiger partial charge in [-0.25, -0.2) is 26.3 Å². The molecule has 1 aliphatic rings. The van der Waals surface area contributed by atoms with Crippen LogP contribution >= 0.6 is 45.5 Å². The minimum Gasteiger partial charge on any atom is -0.497 e. The van der Waals surface area contributed by atoms with Gasteiger partial charge in [0.2, 0.25) is 10.0 Å². The van der Waals surface area contributed by atoms with Crippen LogP contribution in [0.5, 0.6) is 34.5 Å². The van der Waals surface area contributed by atoms with Crippen LogP contribution in [0.15, 0.2) is 150 Å². The van der Waals surface area contributed by atoms with Crippen LogP contribution in [0.25, 0.3) is 0 Å². The lowest BCUT2D eigenvalue weighted by atomic mass is 10.3. The molecular formula is C43H47Cl4N5O19S5. The van der Waals surface area contributed by atoms with Crippen LogP contribution in [-0.2, 0) is 57.9 Å². The van der Waals surface area contributed by atoms with Crippen LogP contribution in [0.1, 0.15) is 0 Å². The van der Waals surface area contributed by atoms with Crippen molar-refractivity contribution in [3.05, 3.63) is 130 Å². The molecule has 0 unspecified atom stereocenters. The predicted molar refractivity (Wildman–Crippen MR) is 283 cm³/mol. The maximum Gasteiger partial charge on any atom is 0.362 e. The summed E-state index contributed by atoms with van der Waals surface area (Å²) in [6.07, 6.45) is 0. The zero-order valence-corrected chi connectivity index (χ0v) is 47.6. The van der Waals surface area contributed by atoms with Gasteiger partial charge in [0.15, 0.2) is 0 Å². The van der Waals surface area contributed by atoms with Crippen molar-refractivity contribution >= 4 is 112 Å². The van der Waals surface area contributed by atoms with Gasteiger partial charge in [-0.15, -0.1) is 5.11 Å². The molecule has 0 radical (unpaired) electrons. The van der Waals surface area contributed by atoms with E-state index in [1.165, 1.54) is 96.2 Å². The van der Waals surface area contributed by atoms with Gasteiger partial charge in [0.05, 0.1) is 70.5 Å². The van der Waals surface area contributed by atoms with E-state index < -0.39 is 49.4 Å². The summed E-state index contributed by atoms with van der Waals surface area (Å²) in [6, 6.07) is 28.5. The molecule has 0 atom stereocenters. The van der Waals surface area contributed by atoms with E-state index in [4.69, 9.17) is 95.1 Å². The highest BCUT2D eigenvalue weighted by Gasteiger charge is 2.25. The zero-order chi connectivity index (χ0) is 57.8. The van der Waals surface area contributed by atoms with Crippen molar-refractivity contribution in [2.45, 2.75) is 24.5 Å². The topological polar surface area (TPSA) is 368 Å². The molecule has 33 heteroatoms. The van der Waals surface area contributed by atoms with Crippen molar-refractivity contribution in [2.75, 3.05) is 61.2 Å². The lowest BCUT2D eigenvalue weighted by Crippen LogP contribution is -2.12. The zero-order valence-electron chi connectivity index (χ0n) is 40.4. The molecule has 0 saturated carbocycles. The van der Waals surface area contributed by atoms with Crippen LogP contribution < -0.4 is 45.0 Å². The average molecular weight is 1240 g/mol. The number of hydrogen-bond donors (Lipinski definition) is 4. The van der Waals surface area contributed by atoms with Crippen molar-refractivity contribution in [1.29, 1.82) is 0 Å². The summed E-state index contributed by atoms with van der Waals surface area (Å²) in [6.45, 7) is 0. The van der Waals surface area contributed by atoms with Gasteiger partial charge in [-0.1, -0.05) is 34.8 Å². The first kappa shape index (κ1) is 66.0. The SMILES string of the molecule is COc1ccc(Cl)c(S(=O)(=O)Cl)c1.COc1ccc(Cl)c(S(=O)(=O)OC)c1.COc1ccc(Cl)c(S(N)(=O)=O)c1.COc1ccc(N)c(S(=O)(=O)O)c1.COc1ccc(N)cc1.COc1ccc2c(c1)S(=O)(=O)ON=N2. The van der Waals surface area contributed by atoms with Crippen LogP contribution in [-0.4, -0.2) is 96.4 Å². The summed E-state index contributed by atoms with van der Waals surface area (Å²) in [5, 5.41) is 11.7. The largest absolute Gasteiger partial charge is 0.497 e. The number of fused-ring (bicyclic) bond motifs is 1. The number of benzene rings is 6. The van der Waals surface area contributed by atoms with Gasteiger partial charge in [-0.3, -0.25) is 8.74 Å². The van der Waals surface area contributed by atoms with Crippen LogP contribution in [0, 0.1) is 0 Å². The molecule has 1 heterocycles. The first-order chi connectivity index (χ1) is 35.3. The number of ether oxygens (including phenoxy) is 6. The Morgan fingerprint density at radius 2 is 0.882 bits per heavy atom. The van der Waals surface area contributed by atoms with E-state index in [0.29, 0.717) is 28.7 Å². The summed E-state index contributed by atoms with van der Waals surface area (Å²) in [7, 11) is -4.49. The fourth-order valence-corrected chi connectivity index (χ4v) is 10.2. The van der Waals surface area contributed by atoms with Crippen molar-refractivity contribution in [1.82, 2.24) is 0 Å². The molecule has 0 amide bonds. The van der Waals surface area contributed by atoms with Crippen molar-refractivity contribution in [3.63, 3.8) is 0 Å². The third-order valence-electron chi connectivity index (χ3n) is 8.80. The van der Waals surface area contributed by atoms with Gasteiger partial charge >= 0.3 is 10.1 Å². The Hall–Kier alpha value is -6.09. The molecular weight excluding hydrogens is 1190 g/mol. The number of sulfonamides is 1. The minimum atomic E-state index is -4.27. The number of nitrogens with zero attached hydrogens (tertiary/aromatic N) is 2. The normalized spacial score (nSPS) is 12.1. The van der Waals surface area contributed by atoms with E-state index in [0.717, 1.165) is 24.6 Å². The van der Waals surface area contributed by atoms with Gasteiger partial charge in [-0.2, -0.15) is 25.3 Å². The average Bonchev–Trinajstić information content (AvgIpc) is 3.37. The fourth-order valence-electron chi connectivity index (χ4n) is 5.04. The highest BCUT2D eigenvalue weighted by atomic mass is 35.7. The first-order valence-electron chi connectivity index (χ1n) is 19.9. The van der Waals surface area contributed by atoms with E-state index in [2.05, 4.69) is 18.9 Å². The van der Waals surface area contributed by atoms with Gasteiger partial charge in [0.1, 0.15) is 64.7 Å². The predicted octanol–water partition coefficient (Wildman–Crippen LogP) is 8.17. The molecule has 1 aliphatic heterocycles. The number of hydrogen-bond acceptors (Lipinski definition) is 22. The summed E-state index contributed by atoms with van der Waals surface area (Å²) in [4.78, 5) is -0.747. The minimum absolute atomic E-state index is 0.0108. The Bertz CT molecular complexity index is 3350. The van der Waals surface area contributed by atoms with Crippen LogP contribution in [0.2, 0.25) is 15.1 Å². The maximum atomic E-state index is 11.3. The Balaban J connectivity index is 0.000000313. The molecule has 0 aliphatic carbocycles. The molecule has 416 valence electrons. The van der Waals surface area contributed by atoms with Gasteiger partial charge in [0.25, 0.3) is 29.3 Å².